The lowest BCUT2D eigenvalue weighted by atomic mass is 9.83. The van der Waals surface area contributed by atoms with Gasteiger partial charge in [-0.15, -0.1) is 0 Å². The van der Waals surface area contributed by atoms with E-state index in [-0.39, 0.29) is 29.0 Å². The van der Waals surface area contributed by atoms with Crippen molar-refractivity contribution in [3.8, 4) is 6.07 Å². The minimum absolute atomic E-state index is 0.0821. The monoisotopic (exact) mass is 420 g/mol. The molecule has 0 aliphatic carbocycles. The summed E-state index contributed by atoms with van der Waals surface area (Å²) < 4.78 is 6.76. The molecule has 2 aliphatic rings. The highest BCUT2D eigenvalue weighted by molar-refractivity contribution is 6.04. The van der Waals surface area contributed by atoms with Gasteiger partial charge in [0.1, 0.15) is 5.69 Å². The highest BCUT2D eigenvalue weighted by atomic mass is 16.5. The molecule has 1 saturated heterocycles. The predicted octanol–water partition coefficient (Wildman–Crippen LogP) is 1.95. The van der Waals surface area contributed by atoms with Crippen LogP contribution in [0.1, 0.15) is 40.4 Å². The molecular weight excluding hydrogens is 396 g/mol. The Labute approximate surface area is 180 Å². The van der Waals surface area contributed by atoms with Gasteiger partial charge in [-0.05, 0) is 48.7 Å². The van der Waals surface area contributed by atoms with Gasteiger partial charge in [-0.25, -0.2) is 0 Å². The van der Waals surface area contributed by atoms with Crippen LogP contribution in [0.2, 0.25) is 0 Å². The summed E-state index contributed by atoms with van der Waals surface area (Å²) in [6.07, 6.45) is 1.31. The number of rotatable bonds is 5. The Balaban J connectivity index is 1.52. The lowest BCUT2D eigenvalue weighted by Crippen LogP contribution is -2.49. The number of pyridine rings is 1. The van der Waals surface area contributed by atoms with Crippen LogP contribution in [-0.2, 0) is 16.1 Å². The van der Waals surface area contributed by atoms with E-state index in [0.29, 0.717) is 43.8 Å². The number of carbonyl (C=O) groups excluding carboxylic acids is 2. The molecular formula is C23H24N4O4. The number of nitriles is 1. The summed E-state index contributed by atoms with van der Waals surface area (Å²) >= 11 is 0. The van der Waals surface area contributed by atoms with Crippen molar-refractivity contribution in [1.82, 2.24) is 9.47 Å². The summed E-state index contributed by atoms with van der Waals surface area (Å²) in [6, 6.07) is 11.8. The van der Waals surface area contributed by atoms with E-state index in [4.69, 9.17) is 10.00 Å². The maximum Gasteiger partial charge on any atom is 0.274 e. The Hall–Kier alpha value is -3.44. The van der Waals surface area contributed by atoms with Crippen LogP contribution in [-0.4, -0.2) is 48.1 Å². The van der Waals surface area contributed by atoms with E-state index in [1.165, 1.54) is 0 Å². The van der Waals surface area contributed by atoms with Crippen molar-refractivity contribution in [2.24, 2.45) is 5.92 Å². The van der Waals surface area contributed by atoms with Gasteiger partial charge in [0.25, 0.3) is 11.5 Å². The molecule has 0 radical (unpaired) electrons. The number of fused-ring (bicyclic) bond motifs is 4. The largest absolute Gasteiger partial charge is 0.384 e. The molecule has 8 nitrogen and oxygen atoms in total. The molecule has 160 valence electrons. The second-order valence-corrected chi connectivity index (χ2v) is 8.07. The minimum Gasteiger partial charge on any atom is -0.384 e. The highest BCUT2D eigenvalue weighted by Crippen LogP contribution is 2.35. The molecule has 1 aromatic heterocycles. The summed E-state index contributed by atoms with van der Waals surface area (Å²) in [5, 5.41) is 11.6. The zero-order valence-electron chi connectivity index (χ0n) is 17.3. The summed E-state index contributed by atoms with van der Waals surface area (Å²) in [7, 11) is 1.58. The molecule has 1 fully saturated rings. The smallest absolute Gasteiger partial charge is 0.274 e. The molecule has 1 aromatic carbocycles. The molecule has 2 aliphatic heterocycles. The van der Waals surface area contributed by atoms with Crippen molar-refractivity contribution in [1.29, 1.82) is 5.26 Å². The van der Waals surface area contributed by atoms with E-state index >= 15 is 0 Å². The second kappa shape index (κ2) is 8.74. The average molecular weight is 420 g/mol. The van der Waals surface area contributed by atoms with Crippen LogP contribution in [0.5, 0.6) is 0 Å². The molecule has 0 spiro atoms. The van der Waals surface area contributed by atoms with Crippen molar-refractivity contribution in [2.45, 2.75) is 25.3 Å². The van der Waals surface area contributed by atoms with Crippen molar-refractivity contribution in [2.75, 3.05) is 32.1 Å². The summed E-state index contributed by atoms with van der Waals surface area (Å²) in [4.78, 5) is 39.9. The second-order valence-electron chi connectivity index (χ2n) is 8.07. The molecule has 0 unspecified atom stereocenters. The van der Waals surface area contributed by atoms with Gasteiger partial charge < -0.3 is 19.5 Å². The quantitative estimate of drug-likeness (QED) is 0.796. The fraction of sp³-hybridized carbons (Fsp3) is 0.391. The number of aromatic nitrogens is 1. The van der Waals surface area contributed by atoms with Crippen LogP contribution in [0.3, 0.4) is 0 Å². The minimum atomic E-state index is -0.395. The molecule has 2 atom stereocenters. The maximum absolute atomic E-state index is 13.1. The van der Waals surface area contributed by atoms with Gasteiger partial charge in [-0.2, -0.15) is 5.26 Å². The Kier molecular flexibility index (Phi) is 5.87. The van der Waals surface area contributed by atoms with E-state index in [1.807, 2.05) is 17.0 Å². The van der Waals surface area contributed by atoms with Crippen molar-refractivity contribution in [3.05, 3.63) is 63.6 Å². The van der Waals surface area contributed by atoms with Crippen LogP contribution >= 0.6 is 0 Å². The molecule has 3 heterocycles. The third-order valence-corrected chi connectivity index (χ3v) is 6.00. The van der Waals surface area contributed by atoms with Gasteiger partial charge in [0.2, 0.25) is 5.91 Å². The number of amides is 2. The molecule has 8 heteroatoms. The average Bonchev–Trinajstić information content (AvgIpc) is 2.79. The lowest BCUT2D eigenvalue weighted by Gasteiger charge is -2.43. The van der Waals surface area contributed by atoms with Crippen LogP contribution in [0, 0.1) is 17.2 Å². The number of nitrogens with zero attached hydrogens (tertiary/aromatic N) is 3. The number of hydrogen-bond acceptors (Lipinski definition) is 5. The van der Waals surface area contributed by atoms with E-state index in [1.54, 1.807) is 42.0 Å². The Morgan fingerprint density at radius 1 is 1.16 bits per heavy atom. The van der Waals surface area contributed by atoms with Gasteiger partial charge in [0.05, 0.1) is 24.7 Å². The number of benzene rings is 1. The van der Waals surface area contributed by atoms with Gasteiger partial charge >= 0.3 is 0 Å². The topological polar surface area (TPSA) is 104 Å². The van der Waals surface area contributed by atoms with Crippen LogP contribution in [0.4, 0.5) is 5.69 Å². The molecule has 2 amide bonds. The third-order valence-electron chi connectivity index (χ3n) is 6.00. The van der Waals surface area contributed by atoms with Gasteiger partial charge in [-0.1, -0.05) is 0 Å². The van der Waals surface area contributed by atoms with Gasteiger partial charge in [0, 0.05) is 43.9 Å². The Morgan fingerprint density at radius 2 is 1.94 bits per heavy atom. The highest BCUT2D eigenvalue weighted by Gasteiger charge is 2.36. The SMILES string of the molecule is COCCC(=O)N1C[C@@H]2C[C@H](C1)c1ccc(NC(=O)c3ccc(C#N)cc3)c(=O)n1C2. The van der Waals surface area contributed by atoms with Crippen molar-refractivity contribution in [3.63, 3.8) is 0 Å². The molecule has 31 heavy (non-hydrogen) atoms. The normalized spacial score (nSPS) is 19.3. The molecule has 2 aromatic rings. The fourth-order valence-corrected chi connectivity index (χ4v) is 4.48. The first-order chi connectivity index (χ1) is 15.0. The first-order valence-corrected chi connectivity index (χ1v) is 10.3. The number of piperidine rings is 1. The van der Waals surface area contributed by atoms with Crippen LogP contribution in [0.25, 0.3) is 0 Å². The number of anilines is 1. The Bertz CT molecular complexity index is 1100. The van der Waals surface area contributed by atoms with Crippen molar-refractivity contribution < 1.29 is 14.3 Å². The van der Waals surface area contributed by atoms with Crippen molar-refractivity contribution >= 4 is 17.5 Å². The van der Waals surface area contributed by atoms with E-state index in [2.05, 4.69) is 5.32 Å². The molecule has 2 bridgehead atoms. The molecule has 1 N–H and O–H groups in total. The number of ether oxygens (including phenoxy) is 1. The number of likely N-dealkylation sites (tertiary alicyclic amines) is 1. The number of nitrogens with one attached hydrogen (secondary N) is 1. The first kappa shape index (κ1) is 20.8. The lowest BCUT2D eigenvalue weighted by molar-refractivity contribution is -0.134. The fourth-order valence-electron chi connectivity index (χ4n) is 4.48. The number of methoxy groups -OCH3 is 1. The van der Waals surface area contributed by atoms with Gasteiger partial charge in [0.15, 0.2) is 0 Å². The van der Waals surface area contributed by atoms with Gasteiger partial charge in [-0.3, -0.25) is 14.4 Å². The van der Waals surface area contributed by atoms with Crippen LogP contribution < -0.4 is 10.9 Å². The zero-order valence-corrected chi connectivity index (χ0v) is 17.3. The predicted molar refractivity (Wildman–Crippen MR) is 114 cm³/mol. The number of carbonyl (C=O) groups is 2. The summed E-state index contributed by atoms with van der Waals surface area (Å²) in [5.41, 5.74) is 1.75. The standard InChI is InChI=1S/C23H24N4O4/c1-31-9-8-21(28)26-12-16-10-18(14-26)20-7-6-19(23(30)27(20)13-16)25-22(29)17-4-2-15(11-24)3-5-17/h2-7,16,18H,8-10,12-14H2,1H3,(H,25,29)/t16-,18+/m0/s1. The maximum atomic E-state index is 13.1. The third kappa shape index (κ3) is 4.23. The molecule has 4 rings (SSSR count). The van der Waals surface area contributed by atoms with E-state index in [9.17, 15) is 14.4 Å². The summed E-state index contributed by atoms with van der Waals surface area (Å²) in [6.45, 7) is 2.16. The van der Waals surface area contributed by atoms with Crippen LogP contribution in [0.15, 0.2) is 41.2 Å². The zero-order chi connectivity index (χ0) is 22.0. The van der Waals surface area contributed by atoms with E-state index in [0.717, 1.165) is 12.1 Å². The number of hydrogen-bond donors (Lipinski definition) is 1. The molecule has 0 saturated carbocycles. The Morgan fingerprint density at radius 3 is 2.65 bits per heavy atom. The summed E-state index contributed by atoms with van der Waals surface area (Å²) in [5.74, 6) is 0.00148. The van der Waals surface area contributed by atoms with E-state index < -0.39 is 5.91 Å². The first-order valence-electron chi connectivity index (χ1n) is 10.3.